The molecule has 1 aromatic heterocycles. The van der Waals surface area contributed by atoms with Gasteiger partial charge in [0.15, 0.2) is 6.61 Å². The van der Waals surface area contributed by atoms with Gasteiger partial charge in [0, 0.05) is 12.0 Å². The summed E-state index contributed by atoms with van der Waals surface area (Å²) in [6, 6.07) is 3.25. The Morgan fingerprint density at radius 3 is 2.40 bits per heavy atom. The normalized spacial score (nSPS) is 16.5. The molecule has 1 N–H and O–H groups in total. The topological polar surface area (TPSA) is 72.5 Å². The third-order valence-electron chi connectivity index (χ3n) is 4.19. The predicted molar refractivity (Wildman–Crippen MR) is 98.0 cm³/mol. The van der Waals surface area contributed by atoms with Gasteiger partial charge >= 0.3 is 5.97 Å². The summed E-state index contributed by atoms with van der Waals surface area (Å²) in [5, 5.41) is 2.89. The standard InChI is InChI=1S/C18H24ClNO4S/c1-17(2,3)20-15(22)10-18(8-4-5-9-18)16(23)24-11-12(21)13-6-7-14(19)25-13/h6-7H,4-5,8-11H2,1-3H3,(H,20,22). The summed E-state index contributed by atoms with van der Waals surface area (Å²) in [7, 11) is 0. The molecule has 0 bridgehead atoms. The van der Waals surface area contributed by atoms with Crippen LogP contribution in [0.1, 0.15) is 62.5 Å². The highest BCUT2D eigenvalue weighted by atomic mass is 35.5. The molecule has 0 aliphatic heterocycles. The number of esters is 1. The van der Waals surface area contributed by atoms with Crippen molar-refractivity contribution in [2.24, 2.45) is 5.41 Å². The number of hydrogen-bond donors (Lipinski definition) is 1. The third-order valence-corrected chi connectivity index (χ3v) is 5.46. The Hall–Kier alpha value is -1.40. The van der Waals surface area contributed by atoms with Gasteiger partial charge in [0.05, 0.1) is 14.6 Å². The van der Waals surface area contributed by atoms with Crippen molar-refractivity contribution in [3.05, 3.63) is 21.3 Å². The zero-order valence-corrected chi connectivity index (χ0v) is 16.4. The first kappa shape index (κ1) is 19.9. The molecule has 2 rings (SSSR count). The number of rotatable bonds is 6. The smallest absolute Gasteiger partial charge is 0.313 e. The van der Waals surface area contributed by atoms with Crippen molar-refractivity contribution in [2.45, 2.75) is 58.4 Å². The summed E-state index contributed by atoms with van der Waals surface area (Å²) in [5.41, 5.74) is -1.17. The highest BCUT2D eigenvalue weighted by molar-refractivity contribution is 7.18. The van der Waals surface area contributed by atoms with E-state index < -0.39 is 11.4 Å². The lowest BCUT2D eigenvalue weighted by atomic mass is 9.82. The molecule has 0 atom stereocenters. The monoisotopic (exact) mass is 385 g/mol. The van der Waals surface area contributed by atoms with E-state index in [1.165, 1.54) is 0 Å². The average Bonchev–Trinajstić information content (AvgIpc) is 3.12. The molecule has 5 nitrogen and oxygen atoms in total. The van der Waals surface area contributed by atoms with Gasteiger partial charge < -0.3 is 10.1 Å². The van der Waals surface area contributed by atoms with Gasteiger partial charge in [0.2, 0.25) is 11.7 Å². The van der Waals surface area contributed by atoms with E-state index in [4.69, 9.17) is 16.3 Å². The maximum atomic E-state index is 12.6. The van der Waals surface area contributed by atoms with Crippen molar-refractivity contribution in [2.75, 3.05) is 6.61 Å². The van der Waals surface area contributed by atoms with Gasteiger partial charge in [-0.3, -0.25) is 14.4 Å². The highest BCUT2D eigenvalue weighted by Crippen LogP contribution is 2.42. The van der Waals surface area contributed by atoms with Crippen molar-refractivity contribution < 1.29 is 19.1 Å². The van der Waals surface area contributed by atoms with Crippen LogP contribution in [0.25, 0.3) is 0 Å². The van der Waals surface area contributed by atoms with E-state index in [2.05, 4.69) is 5.32 Å². The lowest BCUT2D eigenvalue weighted by molar-refractivity contribution is -0.157. The van der Waals surface area contributed by atoms with Crippen LogP contribution >= 0.6 is 22.9 Å². The van der Waals surface area contributed by atoms with Crippen molar-refractivity contribution in [1.29, 1.82) is 0 Å². The van der Waals surface area contributed by atoms with Gasteiger partial charge in [-0.2, -0.15) is 0 Å². The predicted octanol–water partition coefficient (Wildman–Crippen LogP) is 3.99. The number of nitrogens with one attached hydrogen (secondary N) is 1. The maximum Gasteiger partial charge on any atom is 0.313 e. The van der Waals surface area contributed by atoms with Crippen molar-refractivity contribution in [3.8, 4) is 0 Å². The molecular formula is C18H24ClNO4S. The maximum absolute atomic E-state index is 12.6. The van der Waals surface area contributed by atoms with Crippen LogP contribution in [0.3, 0.4) is 0 Å². The summed E-state index contributed by atoms with van der Waals surface area (Å²) < 4.78 is 5.80. The lowest BCUT2D eigenvalue weighted by Crippen LogP contribution is -2.44. The number of carbonyl (C=O) groups excluding carboxylic acids is 3. The van der Waals surface area contributed by atoms with Crippen molar-refractivity contribution in [3.63, 3.8) is 0 Å². The summed E-state index contributed by atoms with van der Waals surface area (Å²) in [6.45, 7) is 5.37. The molecule has 1 heterocycles. The lowest BCUT2D eigenvalue weighted by Gasteiger charge is -2.28. The quantitative estimate of drug-likeness (QED) is 0.593. The fourth-order valence-electron chi connectivity index (χ4n) is 3.09. The molecule has 0 unspecified atom stereocenters. The number of Topliss-reactive ketones (excluding diaryl/α,β-unsaturated/α-hetero) is 1. The fraction of sp³-hybridized carbons (Fsp3) is 0.611. The Morgan fingerprint density at radius 2 is 1.88 bits per heavy atom. The van der Waals surface area contributed by atoms with Gasteiger partial charge in [-0.05, 0) is 45.7 Å². The molecule has 1 saturated carbocycles. The molecule has 138 valence electrons. The first-order chi connectivity index (χ1) is 11.6. The zero-order chi connectivity index (χ0) is 18.7. The molecule has 0 radical (unpaired) electrons. The molecule has 1 aromatic rings. The number of amides is 1. The van der Waals surface area contributed by atoms with Crippen LogP contribution in [-0.4, -0.2) is 29.8 Å². The van der Waals surface area contributed by atoms with Gasteiger partial charge in [-0.25, -0.2) is 0 Å². The summed E-state index contributed by atoms with van der Waals surface area (Å²) in [4.78, 5) is 37.5. The first-order valence-corrected chi connectivity index (χ1v) is 9.58. The number of ketones is 1. The van der Waals surface area contributed by atoms with E-state index in [1.54, 1.807) is 12.1 Å². The Kier molecular flexibility index (Phi) is 6.27. The number of carbonyl (C=O) groups is 3. The van der Waals surface area contributed by atoms with Crippen molar-refractivity contribution >= 4 is 40.6 Å². The van der Waals surface area contributed by atoms with Crippen LogP contribution in [-0.2, 0) is 14.3 Å². The second kappa shape index (κ2) is 7.87. The highest BCUT2D eigenvalue weighted by Gasteiger charge is 2.44. The van der Waals surface area contributed by atoms with E-state index >= 15 is 0 Å². The molecule has 1 fully saturated rings. The molecule has 0 saturated heterocycles. The zero-order valence-electron chi connectivity index (χ0n) is 14.8. The number of hydrogen-bond acceptors (Lipinski definition) is 5. The first-order valence-electron chi connectivity index (χ1n) is 8.38. The fourth-order valence-corrected chi connectivity index (χ4v) is 4.06. The third kappa shape index (κ3) is 5.54. The second-order valence-electron chi connectivity index (χ2n) is 7.57. The van der Waals surface area contributed by atoms with E-state index in [1.807, 2.05) is 20.8 Å². The second-order valence-corrected chi connectivity index (χ2v) is 9.28. The van der Waals surface area contributed by atoms with Crippen LogP contribution in [0, 0.1) is 5.41 Å². The van der Waals surface area contributed by atoms with Gasteiger partial charge in [0.1, 0.15) is 0 Å². The minimum atomic E-state index is -0.817. The van der Waals surface area contributed by atoms with Crippen LogP contribution in [0.2, 0.25) is 4.34 Å². The molecule has 1 aliphatic rings. The van der Waals surface area contributed by atoms with E-state index in [0.29, 0.717) is 22.1 Å². The Balaban J connectivity index is 1.97. The number of halogens is 1. The molecular weight excluding hydrogens is 362 g/mol. The minimum Gasteiger partial charge on any atom is -0.457 e. The Bertz CT molecular complexity index is 656. The average molecular weight is 386 g/mol. The summed E-state index contributed by atoms with van der Waals surface area (Å²) in [6.07, 6.45) is 3.09. The van der Waals surface area contributed by atoms with E-state index in [9.17, 15) is 14.4 Å². The molecule has 7 heteroatoms. The van der Waals surface area contributed by atoms with Gasteiger partial charge in [0.25, 0.3) is 0 Å². The van der Waals surface area contributed by atoms with Crippen LogP contribution < -0.4 is 5.32 Å². The molecule has 1 aliphatic carbocycles. The van der Waals surface area contributed by atoms with Crippen LogP contribution in [0.4, 0.5) is 0 Å². The van der Waals surface area contributed by atoms with E-state index in [0.717, 1.165) is 24.2 Å². The summed E-state index contributed by atoms with van der Waals surface area (Å²) in [5.74, 6) is -0.898. The number of thiophene rings is 1. The SMILES string of the molecule is CC(C)(C)NC(=O)CC1(C(=O)OCC(=O)c2ccc(Cl)s2)CCCC1. The molecule has 1 amide bonds. The van der Waals surface area contributed by atoms with Crippen molar-refractivity contribution in [1.82, 2.24) is 5.32 Å². The molecule has 0 aromatic carbocycles. The van der Waals surface area contributed by atoms with E-state index in [-0.39, 0.29) is 30.3 Å². The summed E-state index contributed by atoms with van der Waals surface area (Å²) >= 11 is 6.97. The Morgan fingerprint density at radius 1 is 1.24 bits per heavy atom. The van der Waals surface area contributed by atoms with Crippen LogP contribution in [0.5, 0.6) is 0 Å². The largest absolute Gasteiger partial charge is 0.457 e. The minimum absolute atomic E-state index is 0.0993. The number of ether oxygens (including phenoxy) is 1. The molecule has 25 heavy (non-hydrogen) atoms. The van der Waals surface area contributed by atoms with Crippen LogP contribution in [0.15, 0.2) is 12.1 Å². The molecule has 0 spiro atoms. The van der Waals surface area contributed by atoms with Gasteiger partial charge in [-0.1, -0.05) is 24.4 Å². The Labute approximate surface area is 157 Å². The van der Waals surface area contributed by atoms with Gasteiger partial charge in [-0.15, -0.1) is 11.3 Å².